The van der Waals surface area contributed by atoms with Gasteiger partial charge in [-0.3, -0.25) is 4.79 Å². The van der Waals surface area contributed by atoms with E-state index in [0.29, 0.717) is 64.8 Å². The van der Waals surface area contributed by atoms with Crippen molar-refractivity contribution in [3.05, 3.63) is 12.7 Å². The van der Waals surface area contributed by atoms with Crippen LogP contribution in [0.3, 0.4) is 0 Å². The van der Waals surface area contributed by atoms with E-state index in [4.69, 9.17) is 5.11 Å². The highest BCUT2D eigenvalue weighted by atomic mass is 32.2. The number of sulfonamides is 1. The molecule has 0 radical (unpaired) electrons. The molecule has 0 aromatic heterocycles. The molecule has 2 amide bonds. The van der Waals surface area contributed by atoms with E-state index >= 15 is 0 Å². The second kappa shape index (κ2) is 8.85. The molecule has 2 rings (SSSR count). The smallest absolute Gasteiger partial charge is 0.407 e. The molecule has 0 saturated carbocycles. The molecule has 2 heterocycles. The molecule has 2 fully saturated rings. The van der Waals surface area contributed by atoms with E-state index in [9.17, 15) is 18.0 Å². The minimum Gasteiger partial charge on any atom is -0.465 e. The van der Waals surface area contributed by atoms with Gasteiger partial charge < -0.3 is 14.9 Å². The molecule has 9 heteroatoms. The summed E-state index contributed by atoms with van der Waals surface area (Å²) in [4.78, 5) is 27.0. The van der Waals surface area contributed by atoms with Crippen LogP contribution in [-0.2, 0) is 14.8 Å². The molecule has 2 saturated heterocycles. The predicted molar refractivity (Wildman–Crippen MR) is 98.3 cm³/mol. The van der Waals surface area contributed by atoms with Crippen LogP contribution in [0.15, 0.2) is 12.7 Å². The van der Waals surface area contributed by atoms with Gasteiger partial charge in [-0.1, -0.05) is 6.08 Å². The highest BCUT2D eigenvalue weighted by Crippen LogP contribution is 2.25. The minimum atomic E-state index is -3.16. The van der Waals surface area contributed by atoms with Crippen LogP contribution >= 0.6 is 0 Å². The van der Waals surface area contributed by atoms with Crippen LogP contribution in [0.1, 0.15) is 32.1 Å². The molecule has 26 heavy (non-hydrogen) atoms. The van der Waals surface area contributed by atoms with Crippen molar-refractivity contribution in [3.63, 3.8) is 0 Å². The summed E-state index contributed by atoms with van der Waals surface area (Å²) in [5.74, 6) is 0.239. The number of piperidine rings is 2. The van der Waals surface area contributed by atoms with Gasteiger partial charge in [-0.05, 0) is 31.6 Å². The lowest BCUT2D eigenvalue weighted by Gasteiger charge is -2.38. The zero-order valence-corrected chi connectivity index (χ0v) is 16.2. The predicted octanol–water partition coefficient (Wildman–Crippen LogP) is 1.21. The lowest BCUT2D eigenvalue weighted by Crippen LogP contribution is -2.49. The van der Waals surface area contributed by atoms with Crippen molar-refractivity contribution in [1.82, 2.24) is 14.1 Å². The fraction of sp³-hybridized carbons (Fsp3) is 0.765. The zero-order chi connectivity index (χ0) is 19.3. The summed E-state index contributed by atoms with van der Waals surface area (Å²) in [6.07, 6.45) is 5.07. The Morgan fingerprint density at radius 2 is 1.73 bits per heavy atom. The van der Waals surface area contributed by atoms with Crippen LogP contribution < -0.4 is 0 Å². The van der Waals surface area contributed by atoms with Crippen molar-refractivity contribution >= 4 is 22.0 Å². The number of carboxylic acid groups (broad SMARTS) is 1. The van der Waals surface area contributed by atoms with E-state index in [2.05, 4.69) is 6.58 Å². The molecule has 0 aliphatic carbocycles. The van der Waals surface area contributed by atoms with E-state index in [1.165, 1.54) is 15.5 Å². The van der Waals surface area contributed by atoms with Crippen molar-refractivity contribution in [2.24, 2.45) is 5.92 Å². The number of carbonyl (C=O) groups is 2. The highest BCUT2D eigenvalue weighted by Gasteiger charge is 2.31. The topological polar surface area (TPSA) is 98.2 Å². The summed E-state index contributed by atoms with van der Waals surface area (Å²) in [6.45, 7) is 6.00. The molecular weight excluding hydrogens is 358 g/mol. The highest BCUT2D eigenvalue weighted by molar-refractivity contribution is 7.88. The SMILES string of the molecule is C=CCN(C(=O)CC1CCN(S(C)(=O)=O)CC1)C1CCN(C(=O)O)CC1. The number of likely N-dealkylation sites (tertiary alicyclic amines) is 1. The Hall–Kier alpha value is -1.61. The molecule has 0 bridgehead atoms. The summed E-state index contributed by atoms with van der Waals surface area (Å²) in [7, 11) is -3.16. The molecule has 0 aromatic carbocycles. The molecular formula is C17H29N3O5S. The van der Waals surface area contributed by atoms with Crippen molar-refractivity contribution in [2.45, 2.75) is 38.1 Å². The van der Waals surface area contributed by atoms with Gasteiger partial charge in [0, 0.05) is 45.2 Å². The summed E-state index contributed by atoms with van der Waals surface area (Å²) in [5, 5.41) is 9.05. The lowest BCUT2D eigenvalue weighted by atomic mass is 9.93. The standard InChI is InChI=1S/C17H29N3O5S/c1-3-8-20(15-6-9-18(10-7-15)17(22)23)16(21)13-14-4-11-19(12-5-14)26(2,24)25/h3,14-15H,1,4-13H2,2H3,(H,22,23). The third-order valence-electron chi connectivity index (χ3n) is 5.33. The maximum Gasteiger partial charge on any atom is 0.407 e. The third kappa shape index (κ3) is 5.44. The van der Waals surface area contributed by atoms with Gasteiger partial charge in [0.2, 0.25) is 15.9 Å². The number of carbonyl (C=O) groups excluding carboxylic acids is 1. The van der Waals surface area contributed by atoms with Crippen molar-refractivity contribution in [2.75, 3.05) is 39.0 Å². The lowest BCUT2D eigenvalue weighted by molar-refractivity contribution is -0.135. The molecule has 8 nitrogen and oxygen atoms in total. The van der Waals surface area contributed by atoms with E-state index in [-0.39, 0.29) is 17.9 Å². The van der Waals surface area contributed by atoms with Gasteiger partial charge >= 0.3 is 6.09 Å². The first-order chi connectivity index (χ1) is 12.2. The van der Waals surface area contributed by atoms with Gasteiger partial charge in [-0.25, -0.2) is 17.5 Å². The Kier molecular flexibility index (Phi) is 7.05. The van der Waals surface area contributed by atoms with Crippen LogP contribution in [0, 0.1) is 5.92 Å². The van der Waals surface area contributed by atoms with Gasteiger partial charge in [-0.2, -0.15) is 0 Å². The summed E-state index contributed by atoms with van der Waals surface area (Å²) in [5.41, 5.74) is 0. The van der Waals surface area contributed by atoms with E-state index < -0.39 is 16.1 Å². The Morgan fingerprint density at radius 3 is 2.19 bits per heavy atom. The summed E-state index contributed by atoms with van der Waals surface area (Å²) in [6, 6.07) is 0.0345. The minimum absolute atomic E-state index is 0.0345. The molecule has 148 valence electrons. The van der Waals surface area contributed by atoms with Crippen LogP contribution in [0.2, 0.25) is 0 Å². The Bertz CT molecular complexity index is 620. The summed E-state index contributed by atoms with van der Waals surface area (Å²) >= 11 is 0. The Balaban J connectivity index is 1.89. The quantitative estimate of drug-likeness (QED) is 0.691. The van der Waals surface area contributed by atoms with Gasteiger partial charge in [-0.15, -0.1) is 6.58 Å². The van der Waals surface area contributed by atoms with Crippen molar-refractivity contribution in [1.29, 1.82) is 0 Å². The van der Waals surface area contributed by atoms with Crippen LogP contribution in [0.4, 0.5) is 4.79 Å². The number of amides is 2. The normalized spacial score (nSPS) is 20.7. The van der Waals surface area contributed by atoms with Crippen LogP contribution in [-0.4, -0.2) is 84.7 Å². The maximum atomic E-state index is 12.8. The van der Waals surface area contributed by atoms with Gasteiger partial charge in [0.25, 0.3) is 0 Å². The van der Waals surface area contributed by atoms with Crippen molar-refractivity contribution in [3.8, 4) is 0 Å². The molecule has 1 N–H and O–H groups in total. The van der Waals surface area contributed by atoms with E-state index in [1.807, 2.05) is 4.90 Å². The molecule has 2 aliphatic heterocycles. The number of nitrogens with zero attached hydrogens (tertiary/aromatic N) is 3. The van der Waals surface area contributed by atoms with Crippen LogP contribution in [0.25, 0.3) is 0 Å². The van der Waals surface area contributed by atoms with E-state index in [0.717, 1.165) is 0 Å². The molecule has 0 spiro atoms. The first-order valence-corrected chi connectivity index (χ1v) is 10.9. The average Bonchev–Trinajstić information content (AvgIpc) is 2.59. The fourth-order valence-electron chi connectivity index (χ4n) is 3.77. The van der Waals surface area contributed by atoms with E-state index in [1.54, 1.807) is 6.08 Å². The van der Waals surface area contributed by atoms with Gasteiger partial charge in [0.1, 0.15) is 0 Å². The van der Waals surface area contributed by atoms with Crippen LogP contribution in [0.5, 0.6) is 0 Å². The fourth-order valence-corrected chi connectivity index (χ4v) is 4.65. The first-order valence-electron chi connectivity index (χ1n) is 9.05. The molecule has 0 aromatic rings. The summed E-state index contributed by atoms with van der Waals surface area (Å²) < 4.78 is 24.6. The number of rotatable bonds is 6. The van der Waals surface area contributed by atoms with Crippen molar-refractivity contribution < 1.29 is 23.1 Å². The molecule has 0 unspecified atom stereocenters. The average molecular weight is 388 g/mol. The second-order valence-electron chi connectivity index (χ2n) is 7.15. The molecule has 2 aliphatic rings. The van der Waals surface area contributed by atoms with Gasteiger partial charge in [0.15, 0.2) is 0 Å². The monoisotopic (exact) mass is 387 g/mol. The number of hydrogen-bond donors (Lipinski definition) is 1. The third-order valence-corrected chi connectivity index (χ3v) is 6.63. The Labute approximate surface area is 155 Å². The number of hydrogen-bond acceptors (Lipinski definition) is 4. The second-order valence-corrected chi connectivity index (χ2v) is 9.13. The zero-order valence-electron chi connectivity index (χ0n) is 15.3. The first kappa shape index (κ1) is 20.7. The maximum absolute atomic E-state index is 12.8. The largest absolute Gasteiger partial charge is 0.465 e. The Morgan fingerprint density at radius 1 is 1.15 bits per heavy atom. The van der Waals surface area contributed by atoms with Gasteiger partial charge in [0.05, 0.1) is 6.26 Å². The molecule has 0 atom stereocenters.